The van der Waals surface area contributed by atoms with Crippen LogP contribution in [-0.2, 0) is 0 Å². The molecule has 0 spiro atoms. The molecule has 0 radical (unpaired) electrons. The third kappa shape index (κ3) is 2.45. The minimum atomic E-state index is 0.617. The molecule has 2 aromatic heterocycles. The van der Waals surface area contributed by atoms with Crippen molar-refractivity contribution in [3.8, 4) is 11.5 Å². The second-order valence-corrected chi connectivity index (χ2v) is 5.92. The van der Waals surface area contributed by atoms with Crippen LogP contribution in [0.3, 0.4) is 0 Å². The van der Waals surface area contributed by atoms with Gasteiger partial charge < -0.3 is 4.74 Å². The van der Waals surface area contributed by atoms with Gasteiger partial charge in [0, 0.05) is 6.20 Å². The Hall–Kier alpha value is -2.36. The van der Waals surface area contributed by atoms with E-state index in [1.54, 1.807) is 12.4 Å². The van der Waals surface area contributed by atoms with Crippen LogP contribution in [0.5, 0.6) is 11.5 Å². The summed E-state index contributed by atoms with van der Waals surface area (Å²) in [6.07, 6.45) is 10.0. The molecule has 0 atom stereocenters. The van der Waals surface area contributed by atoms with Gasteiger partial charge in [0.2, 0.25) is 0 Å². The first kappa shape index (κ1) is 13.3. The number of pyridine rings is 1. The molecule has 0 aliphatic heterocycles. The predicted octanol–water partition coefficient (Wildman–Crippen LogP) is 4.80. The predicted molar refractivity (Wildman–Crippen MR) is 86.2 cm³/mol. The number of nitrogens with zero attached hydrogens (tertiary/aromatic N) is 2. The third-order valence-corrected chi connectivity index (χ3v) is 4.50. The van der Waals surface area contributed by atoms with Crippen LogP contribution in [0.15, 0.2) is 42.7 Å². The van der Waals surface area contributed by atoms with Gasteiger partial charge >= 0.3 is 0 Å². The van der Waals surface area contributed by atoms with Gasteiger partial charge in [-0.15, -0.1) is 0 Å². The second kappa shape index (κ2) is 5.79. The number of H-pyrrole nitrogens is 1. The Morgan fingerprint density at radius 1 is 1.00 bits per heavy atom. The quantitative estimate of drug-likeness (QED) is 0.754. The molecule has 4 nitrogen and oxygen atoms in total. The van der Waals surface area contributed by atoms with Crippen molar-refractivity contribution in [3.63, 3.8) is 0 Å². The van der Waals surface area contributed by atoms with Crippen LogP contribution >= 0.6 is 0 Å². The highest BCUT2D eigenvalue weighted by molar-refractivity contribution is 5.81. The van der Waals surface area contributed by atoms with E-state index in [2.05, 4.69) is 33.4 Å². The van der Waals surface area contributed by atoms with Gasteiger partial charge in [-0.2, -0.15) is 5.10 Å². The summed E-state index contributed by atoms with van der Waals surface area (Å²) in [6, 6.07) is 10.3. The van der Waals surface area contributed by atoms with Crippen molar-refractivity contribution in [2.75, 3.05) is 0 Å². The molecular formula is C18H19N3O. The van der Waals surface area contributed by atoms with Crippen molar-refractivity contribution in [3.05, 3.63) is 48.3 Å². The Kier molecular flexibility index (Phi) is 3.51. The fraction of sp³-hybridized carbons (Fsp3) is 0.333. The topological polar surface area (TPSA) is 50.8 Å². The molecule has 1 aromatic carbocycles. The molecule has 1 fully saturated rings. The van der Waals surface area contributed by atoms with E-state index in [1.807, 2.05) is 12.1 Å². The lowest BCUT2D eigenvalue weighted by molar-refractivity contribution is 0.420. The number of aromatic amines is 1. The van der Waals surface area contributed by atoms with Crippen LogP contribution in [0.1, 0.15) is 43.6 Å². The lowest BCUT2D eigenvalue weighted by atomic mass is 9.84. The lowest BCUT2D eigenvalue weighted by Gasteiger charge is -2.24. The highest BCUT2D eigenvalue weighted by atomic mass is 16.5. The Labute approximate surface area is 129 Å². The molecule has 0 amide bonds. The van der Waals surface area contributed by atoms with Crippen LogP contribution < -0.4 is 4.74 Å². The molecule has 4 rings (SSSR count). The van der Waals surface area contributed by atoms with Crippen molar-refractivity contribution in [1.82, 2.24) is 15.2 Å². The fourth-order valence-electron chi connectivity index (χ4n) is 3.36. The summed E-state index contributed by atoms with van der Waals surface area (Å²) in [4.78, 5) is 4.26. The number of rotatable bonds is 3. The van der Waals surface area contributed by atoms with Crippen molar-refractivity contribution < 1.29 is 4.74 Å². The molecule has 1 aliphatic carbocycles. The maximum atomic E-state index is 6.23. The van der Waals surface area contributed by atoms with Crippen molar-refractivity contribution in [2.24, 2.45) is 0 Å². The molecule has 1 aliphatic rings. The molecule has 1 N–H and O–H groups in total. The van der Waals surface area contributed by atoms with Gasteiger partial charge in [-0.1, -0.05) is 37.5 Å². The normalized spacial score (nSPS) is 16.0. The number of ether oxygens (including phenoxy) is 1. The number of para-hydroxylation sites is 1. The number of fused-ring (bicyclic) bond motifs is 1. The summed E-state index contributed by atoms with van der Waals surface area (Å²) in [7, 11) is 0. The molecule has 2 heterocycles. The first-order valence-electron chi connectivity index (χ1n) is 7.97. The molecule has 3 aromatic rings. The molecule has 1 saturated carbocycles. The van der Waals surface area contributed by atoms with E-state index in [0.29, 0.717) is 5.92 Å². The molecule has 0 saturated heterocycles. The van der Waals surface area contributed by atoms with Crippen LogP contribution in [0, 0.1) is 0 Å². The minimum Gasteiger partial charge on any atom is -0.456 e. The van der Waals surface area contributed by atoms with Gasteiger partial charge in [0.25, 0.3) is 0 Å². The van der Waals surface area contributed by atoms with Crippen LogP contribution in [-0.4, -0.2) is 15.2 Å². The average Bonchev–Trinajstić information content (AvgIpc) is 3.06. The molecule has 4 heteroatoms. The summed E-state index contributed by atoms with van der Waals surface area (Å²) in [5, 5.41) is 7.85. The Morgan fingerprint density at radius 2 is 1.86 bits per heavy atom. The van der Waals surface area contributed by atoms with E-state index >= 15 is 0 Å². The lowest BCUT2D eigenvalue weighted by Crippen LogP contribution is -2.06. The Morgan fingerprint density at radius 3 is 2.77 bits per heavy atom. The zero-order valence-corrected chi connectivity index (χ0v) is 12.5. The smallest absolute Gasteiger partial charge is 0.158 e. The monoisotopic (exact) mass is 293 g/mol. The average molecular weight is 293 g/mol. The van der Waals surface area contributed by atoms with Gasteiger partial charge in [-0.05, 0) is 36.5 Å². The summed E-state index contributed by atoms with van der Waals surface area (Å²) < 4.78 is 6.23. The highest BCUT2D eigenvalue weighted by Gasteiger charge is 2.19. The molecule has 22 heavy (non-hydrogen) atoms. The van der Waals surface area contributed by atoms with E-state index in [-0.39, 0.29) is 0 Å². The molecular weight excluding hydrogens is 274 g/mol. The second-order valence-electron chi connectivity index (χ2n) is 5.92. The number of nitrogens with one attached hydrogen (secondary N) is 1. The zero-order chi connectivity index (χ0) is 14.8. The molecule has 112 valence electrons. The summed E-state index contributed by atoms with van der Waals surface area (Å²) >= 11 is 0. The number of benzene rings is 1. The standard InChI is InChI=1S/C18H19N3O/c1-2-6-13(7-3-1)14-8-4-5-9-16(14)22-17-10-11-19-18-15(17)12-20-21-18/h4-5,8-13H,1-3,6-7H2,(H,19,20,21). The maximum Gasteiger partial charge on any atom is 0.158 e. The Balaban J connectivity index is 1.69. The van der Waals surface area contributed by atoms with E-state index in [0.717, 1.165) is 22.5 Å². The van der Waals surface area contributed by atoms with Gasteiger partial charge in [0.1, 0.15) is 11.5 Å². The summed E-state index contributed by atoms with van der Waals surface area (Å²) in [6.45, 7) is 0. The first-order valence-corrected chi connectivity index (χ1v) is 7.97. The summed E-state index contributed by atoms with van der Waals surface area (Å²) in [5.41, 5.74) is 2.09. The molecule has 0 unspecified atom stereocenters. The largest absolute Gasteiger partial charge is 0.456 e. The van der Waals surface area contributed by atoms with Crippen molar-refractivity contribution in [2.45, 2.75) is 38.0 Å². The number of aromatic nitrogens is 3. The maximum absolute atomic E-state index is 6.23. The van der Waals surface area contributed by atoms with Crippen LogP contribution in [0.2, 0.25) is 0 Å². The van der Waals surface area contributed by atoms with Crippen LogP contribution in [0.4, 0.5) is 0 Å². The van der Waals surface area contributed by atoms with Crippen molar-refractivity contribution >= 4 is 11.0 Å². The van der Waals surface area contributed by atoms with Gasteiger partial charge in [-0.3, -0.25) is 5.10 Å². The fourth-order valence-corrected chi connectivity index (χ4v) is 3.36. The van der Waals surface area contributed by atoms with Crippen molar-refractivity contribution in [1.29, 1.82) is 0 Å². The van der Waals surface area contributed by atoms with E-state index < -0.39 is 0 Å². The van der Waals surface area contributed by atoms with E-state index in [9.17, 15) is 0 Å². The molecule has 0 bridgehead atoms. The third-order valence-electron chi connectivity index (χ3n) is 4.50. The van der Waals surface area contributed by atoms with Gasteiger partial charge in [0.05, 0.1) is 11.6 Å². The van der Waals surface area contributed by atoms with E-state index in [1.165, 1.54) is 37.7 Å². The number of hydrogen-bond acceptors (Lipinski definition) is 3. The highest BCUT2D eigenvalue weighted by Crippen LogP contribution is 2.39. The zero-order valence-electron chi connectivity index (χ0n) is 12.5. The summed E-state index contributed by atoms with van der Waals surface area (Å²) in [5.74, 6) is 2.39. The minimum absolute atomic E-state index is 0.617. The number of hydrogen-bond donors (Lipinski definition) is 1. The van der Waals surface area contributed by atoms with E-state index in [4.69, 9.17) is 4.74 Å². The Bertz CT molecular complexity index is 775. The van der Waals surface area contributed by atoms with Crippen LogP contribution in [0.25, 0.3) is 11.0 Å². The van der Waals surface area contributed by atoms with Gasteiger partial charge in [0.15, 0.2) is 5.65 Å². The van der Waals surface area contributed by atoms with Gasteiger partial charge in [-0.25, -0.2) is 4.98 Å². The SMILES string of the molecule is c1ccc(C2CCCCC2)c(Oc2ccnc3[nH]ncc23)c1. The first-order chi connectivity index (χ1) is 10.9.